The summed E-state index contributed by atoms with van der Waals surface area (Å²) in [7, 11) is 0. The molecule has 5 heteroatoms. The maximum absolute atomic E-state index is 10.9. The van der Waals surface area contributed by atoms with Crippen LogP contribution in [0.3, 0.4) is 0 Å². The molecule has 1 aromatic carbocycles. The number of carboxylic acids is 1. The molecule has 98 valence electrons. The fourth-order valence-electron chi connectivity index (χ4n) is 1.90. The molecule has 0 spiro atoms. The summed E-state index contributed by atoms with van der Waals surface area (Å²) in [6, 6.07) is 13.2. The molecule has 3 rings (SSSR count). The third kappa shape index (κ3) is 2.29. The molecule has 3 aromatic rings. The maximum atomic E-state index is 10.9. The number of benzene rings is 1. The van der Waals surface area contributed by atoms with E-state index in [2.05, 4.69) is 10.1 Å². The number of pyridine rings is 1. The molecule has 0 radical (unpaired) electrons. The van der Waals surface area contributed by atoms with Crippen molar-refractivity contribution in [3.63, 3.8) is 0 Å². The van der Waals surface area contributed by atoms with Gasteiger partial charge in [-0.05, 0) is 12.1 Å². The van der Waals surface area contributed by atoms with Gasteiger partial charge in [-0.15, -0.1) is 0 Å². The highest BCUT2D eigenvalue weighted by Gasteiger charge is 2.07. The van der Waals surface area contributed by atoms with Crippen LogP contribution >= 0.6 is 0 Å². The van der Waals surface area contributed by atoms with Crippen molar-refractivity contribution in [2.75, 3.05) is 0 Å². The van der Waals surface area contributed by atoms with Crippen LogP contribution in [0, 0.1) is 0 Å². The van der Waals surface area contributed by atoms with Gasteiger partial charge in [0.1, 0.15) is 0 Å². The molecule has 2 heterocycles. The van der Waals surface area contributed by atoms with Crippen molar-refractivity contribution < 1.29 is 9.90 Å². The predicted octanol–water partition coefficient (Wildman–Crippen LogP) is 2.63. The average molecular weight is 265 g/mol. The molecule has 0 saturated carbocycles. The van der Waals surface area contributed by atoms with E-state index >= 15 is 0 Å². The van der Waals surface area contributed by atoms with E-state index < -0.39 is 5.97 Å². The Bertz CT molecular complexity index is 751. The van der Waals surface area contributed by atoms with E-state index in [0.29, 0.717) is 5.69 Å². The van der Waals surface area contributed by atoms with Crippen LogP contribution in [0.15, 0.2) is 61.1 Å². The molecule has 5 nitrogen and oxygen atoms in total. The molecule has 1 N–H and O–H groups in total. The van der Waals surface area contributed by atoms with E-state index in [9.17, 15) is 4.79 Å². The monoisotopic (exact) mass is 265 g/mol. The van der Waals surface area contributed by atoms with Gasteiger partial charge in [-0.3, -0.25) is 4.98 Å². The van der Waals surface area contributed by atoms with Gasteiger partial charge >= 0.3 is 5.97 Å². The molecule has 0 atom stereocenters. The molecule has 0 bridgehead atoms. The lowest BCUT2D eigenvalue weighted by atomic mass is 10.2. The topological polar surface area (TPSA) is 68.0 Å². The number of aromatic carboxylic acids is 1. The Morgan fingerprint density at radius 3 is 2.65 bits per heavy atom. The Hall–Kier alpha value is -2.95. The van der Waals surface area contributed by atoms with Crippen molar-refractivity contribution in [3.8, 4) is 16.9 Å². The van der Waals surface area contributed by atoms with Crippen molar-refractivity contribution in [3.05, 3.63) is 66.6 Å². The van der Waals surface area contributed by atoms with Crippen LogP contribution in [-0.2, 0) is 0 Å². The minimum Gasteiger partial charge on any atom is -0.478 e. The summed E-state index contributed by atoms with van der Waals surface area (Å²) in [6.45, 7) is 0. The maximum Gasteiger partial charge on any atom is 0.337 e. The minimum absolute atomic E-state index is 0.138. The highest BCUT2D eigenvalue weighted by atomic mass is 16.4. The van der Waals surface area contributed by atoms with Gasteiger partial charge in [0.15, 0.2) is 0 Å². The lowest BCUT2D eigenvalue weighted by molar-refractivity contribution is 0.0696. The van der Waals surface area contributed by atoms with Crippen molar-refractivity contribution in [1.82, 2.24) is 14.8 Å². The van der Waals surface area contributed by atoms with Crippen LogP contribution in [0.4, 0.5) is 0 Å². The smallest absolute Gasteiger partial charge is 0.337 e. The van der Waals surface area contributed by atoms with Crippen LogP contribution in [0.2, 0.25) is 0 Å². The van der Waals surface area contributed by atoms with Gasteiger partial charge < -0.3 is 5.11 Å². The normalized spacial score (nSPS) is 10.4. The Labute approximate surface area is 115 Å². The van der Waals surface area contributed by atoms with Crippen LogP contribution in [0.1, 0.15) is 10.4 Å². The highest BCUT2D eigenvalue weighted by molar-refractivity contribution is 5.87. The van der Waals surface area contributed by atoms with Gasteiger partial charge in [-0.1, -0.05) is 30.3 Å². The van der Waals surface area contributed by atoms with E-state index in [1.165, 1.54) is 12.3 Å². The first-order valence-electron chi connectivity index (χ1n) is 6.04. The van der Waals surface area contributed by atoms with E-state index in [0.717, 1.165) is 11.3 Å². The second-order valence-electron chi connectivity index (χ2n) is 4.25. The third-order valence-electron chi connectivity index (χ3n) is 2.89. The molecule has 0 fully saturated rings. The summed E-state index contributed by atoms with van der Waals surface area (Å²) < 4.78 is 1.61. The highest BCUT2D eigenvalue weighted by Crippen LogP contribution is 2.18. The Balaban J connectivity index is 1.98. The standard InChI is InChI=1S/C15H11N3O2/c19-15(20)12-8-13(10-16-9-12)18-7-6-14(17-18)11-4-2-1-3-5-11/h1-10H,(H,19,20). The SMILES string of the molecule is O=C(O)c1cncc(-n2ccc(-c3ccccc3)n2)c1. The first kappa shape index (κ1) is 12.1. The quantitative estimate of drug-likeness (QED) is 0.790. The fraction of sp³-hybridized carbons (Fsp3) is 0. The molecule has 0 saturated heterocycles. The van der Waals surface area contributed by atoms with Crippen LogP contribution in [-0.4, -0.2) is 25.8 Å². The Kier molecular flexibility index (Phi) is 3.01. The van der Waals surface area contributed by atoms with E-state index in [1.807, 2.05) is 36.4 Å². The first-order valence-corrected chi connectivity index (χ1v) is 6.04. The molecule has 0 aliphatic rings. The van der Waals surface area contributed by atoms with E-state index in [-0.39, 0.29) is 5.56 Å². The van der Waals surface area contributed by atoms with Crippen LogP contribution in [0.25, 0.3) is 16.9 Å². The van der Waals surface area contributed by atoms with Gasteiger partial charge in [-0.2, -0.15) is 5.10 Å². The first-order chi connectivity index (χ1) is 9.74. The number of aromatic nitrogens is 3. The molecule has 2 aromatic heterocycles. The van der Waals surface area contributed by atoms with Crippen molar-refractivity contribution in [2.45, 2.75) is 0 Å². The zero-order valence-corrected chi connectivity index (χ0v) is 10.5. The molecular weight excluding hydrogens is 254 g/mol. The number of hydrogen-bond acceptors (Lipinski definition) is 3. The Morgan fingerprint density at radius 1 is 1.10 bits per heavy atom. The number of carbonyl (C=O) groups is 1. The molecule has 0 unspecified atom stereocenters. The second-order valence-corrected chi connectivity index (χ2v) is 4.25. The summed E-state index contributed by atoms with van der Waals surface area (Å²) in [5.41, 5.74) is 2.59. The minimum atomic E-state index is -1.00. The van der Waals surface area contributed by atoms with Crippen molar-refractivity contribution >= 4 is 5.97 Å². The summed E-state index contributed by atoms with van der Waals surface area (Å²) in [6.07, 6.45) is 4.67. The lowest BCUT2D eigenvalue weighted by Gasteiger charge is -2.02. The molecule has 0 amide bonds. The summed E-state index contributed by atoms with van der Waals surface area (Å²) in [5, 5.41) is 13.4. The zero-order valence-electron chi connectivity index (χ0n) is 10.5. The zero-order chi connectivity index (χ0) is 13.9. The van der Waals surface area contributed by atoms with Crippen molar-refractivity contribution in [1.29, 1.82) is 0 Å². The third-order valence-corrected chi connectivity index (χ3v) is 2.89. The van der Waals surface area contributed by atoms with Crippen LogP contribution in [0.5, 0.6) is 0 Å². The van der Waals surface area contributed by atoms with Crippen molar-refractivity contribution in [2.24, 2.45) is 0 Å². The average Bonchev–Trinajstić information content (AvgIpc) is 2.98. The summed E-state index contributed by atoms with van der Waals surface area (Å²) in [4.78, 5) is 14.9. The summed E-state index contributed by atoms with van der Waals surface area (Å²) in [5.74, 6) is -1.00. The predicted molar refractivity (Wildman–Crippen MR) is 73.8 cm³/mol. The Morgan fingerprint density at radius 2 is 1.90 bits per heavy atom. The second kappa shape index (κ2) is 4.97. The van der Waals surface area contributed by atoms with Gasteiger partial charge in [0, 0.05) is 18.0 Å². The number of hydrogen-bond donors (Lipinski definition) is 1. The van der Waals surface area contributed by atoms with Gasteiger partial charge in [0.05, 0.1) is 23.1 Å². The largest absolute Gasteiger partial charge is 0.478 e. The summed E-state index contributed by atoms with van der Waals surface area (Å²) >= 11 is 0. The van der Waals surface area contributed by atoms with E-state index in [1.54, 1.807) is 17.1 Å². The van der Waals surface area contributed by atoms with E-state index in [4.69, 9.17) is 5.11 Å². The lowest BCUT2D eigenvalue weighted by Crippen LogP contribution is -2.01. The molecule has 20 heavy (non-hydrogen) atoms. The number of rotatable bonds is 3. The van der Waals surface area contributed by atoms with Gasteiger partial charge in [-0.25, -0.2) is 9.48 Å². The van der Waals surface area contributed by atoms with Crippen LogP contribution < -0.4 is 0 Å². The number of nitrogens with zero attached hydrogens (tertiary/aromatic N) is 3. The number of carboxylic acid groups (broad SMARTS) is 1. The van der Waals surface area contributed by atoms with Gasteiger partial charge in [0.2, 0.25) is 0 Å². The molecular formula is C15H11N3O2. The molecule has 0 aliphatic heterocycles. The van der Waals surface area contributed by atoms with Gasteiger partial charge in [0.25, 0.3) is 0 Å². The molecule has 0 aliphatic carbocycles. The fourth-order valence-corrected chi connectivity index (χ4v) is 1.90.